The van der Waals surface area contributed by atoms with Crippen LogP contribution in [-0.4, -0.2) is 56.4 Å². The molecule has 1 atom stereocenters. The van der Waals surface area contributed by atoms with Crippen LogP contribution in [0.5, 0.6) is 5.88 Å². The number of rotatable bonds is 5. The zero-order valence-corrected chi connectivity index (χ0v) is 11.1. The lowest BCUT2D eigenvalue weighted by molar-refractivity contribution is -0.0182. The Labute approximate surface area is 108 Å². The number of nitrogens with one attached hydrogen (secondary N) is 1. The van der Waals surface area contributed by atoms with Crippen LogP contribution in [0.3, 0.4) is 0 Å². The topological polar surface area (TPSA) is 46.6 Å². The lowest BCUT2D eigenvalue weighted by Gasteiger charge is -2.30. The van der Waals surface area contributed by atoms with Crippen molar-refractivity contribution in [2.45, 2.75) is 12.6 Å². The van der Waals surface area contributed by atoms with Gasteiger partial charge in [0.25, 0.3) is 0 Å². The minimum absolute atomic E-state index is 0.285. The van der Waals surface area contributed by atoms with E-state index in [1.165, 1.54) is 5.56 Å². The monoisotopic (exact) mass is 251 g/mol. The van der Waals surface area contributed by atoms with E-state index < -0.39 is 0 Å². The molecule has 5 heteroatoms. The Morgan fingerprint density at radius 2 is 2.50 bits per heavy atom. The molecule has 1 saturated heterocycles. The van der Waals surface area contributed by atoms with Crippen molar-refractivity contribution in [1.29, 1.82) is 0 Å². The highest BCUT2D eigenvalue weighted by Gasteiger charge is 2.16. The van der Waals surface area contributed by atoms with Gasteiger partial charge < -0.3 is 19.7 Å². The predicted molar refractivity (Wildman–Crippen MR) is 69.7 cm³/mol. The molecule has 18 heavy (non-hydrogen) atoms. The first-order valence-electron chi connectivity index (χ1n) is 6.27. The fraction of sp³-hybridized carbons (Fsp3) is 0.615. The molecule has 100 valence electrons. The van der Waals surface area contributed by atoms with Crippen LogP contribution in [0.15, 0.2) is 18.3 Å². The highest BCUT2D eigenvalue weighted by Crippen LogP contribution is 2.08. The molecule has 1 aliphatic rings. The lowest BCUT2D eigenvalue weighted by atomic mass is 10.2. The van der Waals surface area contributed by atoms with Gasteiger partial charge in [0, 0.05) is 38.4 Å². The molecule has 1 aliphatic heterocycles. The number of aromatic nitrogens is 1. The summed E-state index contributed by atoms with van der Waals surface area (Å²) in [5.41, 5.74) is 1.17. The summed E-state index contributed by atoms with van der Waals surface area (Å²) in [5.74, 6) is 0.656. The normalized spacial score (nSPS) is 20.9. The van der Waals surface area contributed by atoms with Crippen LogP contribution in [0, 0.1) is 0 Å². The predicted octanol–water partition coefficient (Wildman–Crippen LogP) is 0.510. The van der Waals surface area contributed by atoms with Gasteiger partial charge in [-0.15, -0.1) is 0 Å². The van der Waals surface area contributed by atoms with Gasteiger partial charge in [-0.3, -0.25) is 0 Å². The van der Waals surface area contributed by atoms with Crippen molar-refractivity contribution in [3.63, 3.8) is 0 Å². The fourth-order valence-electron chi connectivity index (χ4n) is 2.04. The average molecular weight is 251 g/mol. The SMILES string of the molecule is COc1cc(CNCC2CN(C)CCO2)ccn1. The molecule has 2 rings (SSSR count). The Balaban J connectivity index is 1.74. The molecule has 0 amide bonds. The minimum Gasteiger partial charge on any atom is -0.481 e. The maximum atomic E-state index is 5.69. The van der Waals surface area contributed by atoms with E-state index in [0.29, 0.717) is 5.88 Å². The summed E-state index contributed by atoms with van der Waals surface area (Å²) in [6.07, 6.45) is 2.05. The van der Waals surface area contributed by atoms with Crippen LogP contribution in [0.25, 0.3) is 0 Å². The van der Waals surface area contributed by atoms with E-state index in [0.717, 1.165) is 32.8 Å². The lowest BCUT2D eigenvalue weighted by Crippen LogP contribution is -2.44. The maximum Gasteiger partial charge on any atom is 0.213 e. The van der Waals surface area contributed by atoms with Crippen LogP contribution in [0.1, 0.15) is 5.56 Å². The van der Waals surface area contributed by atoms with E-state index in [1.54, 1.807) is 13.3 Å². The smallest absolute Gasteiger partial charge is 0.213 e. The van der Waals surface area contributed by atoms with E-state index in [-0.39, 0.29) is 6.10 Å². The van der Waals surface area contributed by atoms with Crippen molar-refractivity contribution < 1.29 is 9.47 Å². The van der Waals surface area contributed by atoms with Gasteiger partial charge in [-0.25, -0.2) is 4.98 Å². The Hall–Kier alpha value is -1.17. The van der Waals surface area contributed by atoms with Crippen LogP contribution in [0.4, 0.5) is 0 Å². The summed E-state index contributed by atoms with van der Waals surface area (Å²) >= 11 is 0. The molecule has 1 N–H and O–H groups in total. The summed E-state index contributed by atoms with van der Waals surface area (Å²) in [7, 11) is 3.76. The third kappa shape index (κ3) is 3.94. The Morgan fingerprint density at radius 1 is 1.61 bits per heavy atom. The van der Waals surface area contributed by atoms with Crippen molar-refractivity contribution in [2.24, 2.45) is 0 Å². The number of methoxy groups -OCH3 is 1. The zero-order valence-electron chi connectivity index (χ0n) is 11.1. The highest BCUT2D eigenvalue weighted by molar-refractivity contribution is 5.20. The zero-order chi connectivity index (χ0) is 12.8. The fourth-order valence-corrected chi connectivity index (χ4v) is 2.04. The Kier molecular flexibility index (Phi) is 4.92. The molecule has 0 saturated carbocycles. The molecule has 2 heterocycles. The van der Waals surface area contributed by atoms with Crippen molar-refractivity contribution >= 4 is 0 Å². The third-order valence-corrected chi connectivity index (χ3v) is 3.05. The standard InChI is InChI=1S/C13H21N3O2/c1-16-5-6-18-12(10-16)9-14-8-11-3-4-15-13(7-11)17-2/h3-4,7,12,14H,5-6,8-10H2,1-2H3. The molecular formula is C13H21N3O2. The minimum atomic E-state index is 0.285. The van der Waals surface area contributed by atoms with Gasteiger partial charge in [0.15, 0.2) is 0 Å². The van der Waals surface area contributed by atoms with Crippen LogP contribution < -0.4 is 10.1 Å². The van der Waals surface area contributed by atoms with Gasteiger partial charge in [-0.1, -0.05) is 0 Å². The summed E-state index contributed by atoms with van der Waals surface area (Å²) < 4.78 is 10.8. The molecule has 1 aromatic heterocycles. The molecule has 0 aliphatic carbocycles. The van der Waals surface area contributed by atoms with Gasteiger partial charge in [-0.05, 0) is 18.7 Å². The largest absolute Gasteiger partial charge is 0.481 e. The van der Waals surface area contributed by atoms with Crippen LogP contribution in [-0.2, 0) is 11.3 Å². The van der Waals surface area contributed by atoms with E-state index >= 15 is 0 Å². The van der Waals surface area contributed by atoms with Crippen molar-refractivity contribution in [3.8, 4) is 5.88 Å². The van der Waals surface area contributed by atoms with Gasteiger partial charge >= 0.3 is 0 Å². The maximum absolute atomic E-state index is 5.69. The quantitative estimate of drug-likeness (QED) is 0.826. The number of hydrogen-bond donors (Lipinski definition) is 1. The number of morpholine rings is 1. The third-order valence-electron chi connectivity index (χ3n) is 3.05. The van der Waals surface area contributed by atoms with E-state index in [1.807, 2.05) is 12.1 Å². The first kappa shape index (κ1) is 13.3. The van der Waals surface area contributed by atoms with E-state index in [4.69, 9.17) is 9.47 Å². The van der Waals surface area contributed by atoms with Gasteiger partial charge in [0.05, 0.1) is 19.8 Å². The summed E-state index contributed by atoms with van der Waals surface area (Å²) in [6, 6.07) is 3.93. The van der Waals surface area contributed by atoms with Crippen LogP contribution in [0.2, 0.25) is 0 Å². The Bertz CT molecular complexity index is 373. The van der Waals surface area contributed by atoms with E-state index in [2.05, 4.69) is 22.2 Å². The molecule has 1 fully saturated rings. The molecule has 5 nitrogen and oxygen atoms in total. The van der Waals surface area contributed by atoms with Gasteiger partial charge in [0.2, 0.25) is 5.88 Å². The number of pyridine rings is 1. The number of nitrogens with zero attached hydrogens (tertiary/aromatic N) is 2. The average Bonchev–Trinajstić information content (AvgIpc) is 2.39. The molecular weight excluding hydrogens is 230 g/mol. The van der Waals surface area contributed by atoms with Crippen molar-refractivity contribution in [3.05, 3.63) is 23.9 Å². The second kappa shape index (κ2) is 6.68. The molecule has 1 aromatic rings. The molecule has 0 bridgehead atoms. The first-order valence-corrected chi connectivity index (χ1v) is 6.27. The number of hydrogen-bond acceptors (Lipinski definition) is 5. The van der Waals surface area contributed by atoms with Gasteiger partial charge in [0.1, 0.15) is 0 Å². The summed E-state index contributed by atoms with van der Waals surface area (Å²) in [5, 5.41) is 3.41. The van der Waals surface area contributed by atoms with Gasteiger partial charge in [-0.2, -0.15) is 0 Å². The highest BCUT2D eigenvalue weighted by atomic mass is 16.5. The summed E-state index contributed by atoms with van der Waals surface area (Å²) in [4.78, 5) is 6.38. The van der Waals surface area contributed by atoms with E-state index in [9.17, 15) is 0 Å². The molecule has 1 unspecified atom stereocenters. The molecule has 0 radical (unpaired) electrons. The van der Waals surface area contributed by atoms with Crippen molar-refractivity contribution in [1.82, 2.24) is 15.2 Å². The molecule has 0 aromatic carbocycles. The van der Waals surface area contributed by atoms with Crippen molar-refractivity contribution in [2.75, 3.05) is 40.4 Å². The van der Waals surface area contributed by atoms with Crippen LogP contribution >= 0.6 is 0 Å². The molecule has 0 spiro atoms. The number of ether oxygens (including phenoxy) is 2. The Morgan fingerprint density at radius 3 is 3.28 bits per heavy atom. The first-order chi connectivity index (χ1) is 8.78. The number of likely N-dealkylation sites (N-methyl/N-ethyl adjacent to an activating group) is 1. The second-order valence-corrected chi connectivity index (χ2v) is 4.59. The summed E-state index contributed by atoms with van der Waals surface area (Å²) in [6.45, 7) is 4.52. The second-order valence-electron chi connectivity index (χ2n) is 4.59.